The molecule has 0 atom stereocenters. The van der Waals surface area contributed by atoms with Gasteiger partial charge in [-0.05, 0) is 24.6 Å². The molecule has 0 radical (unpaired) electrons. The molecule has 0 aliphatic rings. The maximum absolute atomic E-state index is 12.7. The number of aliphatic hydroxyl groups excluding tert-OH is 1. The summed E-state index contributed by atoms with van der Waals surface area (Å²) in [5, 5.41) is 10.9. The van der Waals surface area contributed by atoms with E-state index in [1.54, 1.807) is 0 Å². The zero-order chi connectivity index (χ0) is 11.3. The van der Waals surface area contributed by atoms with Crippen molar-refractivity contribution in [2.45, 2.75) is 6.42 Å². The minimum Gasteiger partial charge on any atom is -0.396 e. The van der Waals surface area contributed by atoms with Crippen LogP contribution in [0.5, 0.6) is 0 Å². The molecule has 5 heteroatoms. The summed E-state index contributed by atoms with van der Waals surface area (Å²) < 4.78 is 25.3. The molecule has 0 spiro atoms. The van der Waals surface area contributed by atoms with Crippen LogP contribution in [-0.4, -0.2) is 24.2 Å². The summed E-state index contributed by atoms with van der Waals surface area (Å²) in [4.78, 5) is 11.3. The van der Waals surface area contributed by atoms with E-state index in [4.69, 9.17) is 5.11 Å². The lowest BCUT2D eigenvalue weighted by molar-refractivity contribution is 0.0950. The maximum atomic E-state index is 12.7. The fourth-order valence-electron chi connectivity index (χ4n) is 1.02. The first-order valence-corrected chi connectivity index (χ1v) is 4.49. The van der Waals surface area contributed by atoms with E-state index in [9.17, 15) is 13.6 Å². The fraction of sp³-hybridized carbons (Fsp3) is 0.300. The molecule has 0 saturated carbocycles. The van der Waals surface area contributed by atoms with Crippen LogP contribution in [0.2, 0.25) is 0 Å². The van der Waals surface area contributed by atoms with Gasteiger partial charge in [-0.1, -0.05) is 0 Å². The molecule has 82 valence electrons. The van der Waals surface area contributed by atoms with E-state index in [2.05, 4.69) is 5.32 Å². The van der Waals surface area contributed by atoms with Gasteiger partial charge in [0.2, 0.25) is 0 Å². The number of amides is 1. The Labute approximate surface area is 85.7 Å². The topological polar surface area (TPSA) is 49.3 Å². The minimum absolute atomic E-state index is 0.0297. The van der Waals surface area contributed by atoms with Crippen LogP contribution in [0.25, 0.3) is 0 Å². The van der Waals surface area contributed by atoms with Crippen molar-refractivity contribution in [3.05, 3.63) is 35.4 Å². The van der Waals surface area contributed by atoms with Gasteiger partial charge in [0.05, 0.1) is 0 Å². The van der Waals surface area contributed by atoms with Crippen LogP contribution in [0.4, 0.5) is 8.78 Å². The van der Waals surface area contributed by atoms with Crippen LogP contribution in [-0.2, 0) is 0 Å². The molecule has 3 nitrogen and oxygen atoms in total. The third-order valence-electron chi connectivity index (χ3n) is 1.80. The predicted molar refractivity (Wildman–Crippen MR) is 50.4 cm³/mol. The van der Waals surface area contributed by atoms with E-state index in [0.29, 0.717) is 13.0 Å². The molecule has 2 N–H and O–H groups in total. The van der Waals surface area contributed by atoms with Gasteiger partial charge in [0.1, 0.15) is 0 Å². The van der Waals surface area contributed by atoms with E-state index >= 15 is 0 Å². The first-order valence-electron chi connectivity index (χ1n) is 4.49. The van der Waals surface area contributed by atoms with Crippen LogP contribution < -0.4 is 5.32 Å². The van der Waals surface area contributed by atoms with Crippen molar-refractivity contribution in [3.8, 4) is 0 Å². The largest absolute Gasteiger partial charge is 0.396 e. The number of rotatable bonds is 4. The second kappa shape index (κ2) is 5.41. The van der Waals surface area contributed by atoms with Crippen molar-refractivity contribution in [2.24, 2.45) is 0 Å². The molecule has 1 rings (SSSR count). The standard InChI is InChI=1S/C10H11F2NO2/c11-8-3-2-7(6-9(8)12)10(15)13-4-1-5-14/h2-3,6,14H,1,4-5H2,(H,13,15). The Bertz CT molecular complexity index is 355. The Kier molecular flexibility index (Phi) is 4.17. The lowest BCUT2D eigenvalue weighted by Crippen LogP contribution is -2.25. The third-order valence-corrected chi connectivity index (χ3v) is 1.80. The normalized spacial score (nSPS) is 10.1. The smallest absolute Gasteiger partial charge is 0.251 e. The zero-order valence-corrected chi connectivity index (χ0v) is 7.96. The Balaban J connectivity index is 2.62. The van der Waals surface area contributed by atoms with E-state index in [-0.39, 0.29) is 12.2 Å². The predicted octanol–water partition coefficient (Wildman–Crippen LogP) is 1.08. The lowest BCUT2D eigenvalue weighted by Gasteiger charge is -2.04. The molecular weight excluding hydrogens is 204 g/mol. The SMILES string of the molecule is O=C(NCCCO)c1ccc(F)c(F)c1. The maximum Gasteiger partial charge on any atom is 0.251 e. The van der Waals surface area contributed by atoms with Gasteiger partial charge >= 0.3 is 0 Å². The summed E-state index contributed by atoms with van der Waals surface area (Å²) in [7, 11) is 0. The van der Waals surface area contributed by atoms with Gasteiger partial charge < -0.3 is 10.4 Å². The highest BCUT2D eigenvalue weighted by Crippen LogP contribution is 2.08. The number of halogens is 2. The van der Waals surface area contributed by atoms with Gasteiger partial charge in [-0.2, -0.15) is 0 Å². The molecule has 0 fully saturated rings. The van der Waals surface area contributed by atoms with Gasteiger partial charge in [0.25, 0.3) is 5.91 Å². The van der Waals surface area contributed by atoms with Crippen LogP contribution in [0.1, 0.15) is 16.8 Å². The molecule has 1 aromatic rings. The van der Waals surface area contributed by atoms with Gasteiger partial charge in [-0.3, -0.25) is 4.79 Å². The van der Waals surface area contributed by atoms with Crippen molar-refractivity contribution in [2.75, 3.05) is 13.2 Å². The number of carbonyl (C=O) groups excluding carboxylic acids is 1. The number of benzene rings is 1. The van der Waals surface area contributed by atoms with Gasteiger partial charge in [0, 0.05) is 18.7 Å². The van der Waals surface area contributed by atoms with Gasteiger partial charge in [-0.25, -0.2) is 8.78 Å². The minimum atomic E-state index is -1.05. The Morgan fingerprint density at radius 2 is 2.07 bits per heavy atom. The fourth-order valence-corrected chi connectivity index (χ4v) is 1.02. The average Bonchev–Trinajstić information content (AvgIpc) is 2.22. The summed E-state index contributed by atoms with van der Waals surface area (Å²) >= 11 is 0. The quantitative estimate of drug-likeness (QED) is 0.738. The Morgan fingerprint density at radius 1 is 1.33 bits per heavy atom. The molecule has 0 aliphatic heterocycles. The number of aliphatic hydroxyl groups is 1. The molecule has 0 heterocycles. The molecule has 0 aliphatic carbocycles. The molecule has 0 unspecified atom stereocenters. The van der Waals surface area contributed by atoms with Crippen molar-refractivity contribution in [3.63, 3.8) is 0 Å². The van der Waals surface area contributed by atoms with Crippen LogP contribution in [0, 0.1) is 11.6 Å². The summed E-state index contributed by atoms with van der Waals surface area (Å²) in [6.45, 7) is 0.270. The van der Waals surface area contributed by atoms with E-state index in [0.717, 1.165) is 12.1 Å². The first-order chi connectivity index (χ1) is 7.15. The molecule has 0 saturated heterocycles. The monoisotopic (exact) mass is 215 g/mol. The third kappa shape index (κ3) is 3.28. The highest BCUT2D eigenvalue weighted by atomic mass is 19.2. The number of carbonyl (C=O) groups is 1. The van der Waals surface area contributed by atoms with Crippen LogP contribution >= 0.6 is 0 Å². The second-order valence-electron chi connectivity index (χ2n) is 2.96. The van der Waals surface area contributed by atoms with Crippen molar-refractivity contribution in [1.82, 2.24) is 5.32 Å². The number of hydrogen-bond acceptors (Lipinski definition) is 2. The molecule has 15 heavy (non-hydrogen) atoms. The number of hydrogen-bond donors (Lipinski definition) is 2. The van der Waals surface area contributed by atoms with E-state index in [1.165, 1.54) is 6.07 Å². The van der Waals surface area contributed by atoms with Crippen LogP contribution in [0.15, 0.2) is 18.2 Å². The molecule has 0 aromatic heterocycles. The van der Waals surface area contributed by atoms with Crippen molar-refractivity contribution in [1.29, 1.82) is 0 Å². The molecule has 1 aromatic carbocycles. The summed E-state index contributed by atoms with van der Waals surface area (Å²) in [6.07, 6.45) is 0.426. The summed E-state index contributed by atoms with van der Waals surface area (Å²) in [6, 6.07) is 2.94. The highest BCUT2D eigenvalue weighted by molar-refractivity contribution is 5.94. The van der Waals surface area contributed by atoms with E-state index in [1.807, 2.05) is 0 Å². The summed E-state index contributed by atoms with van der Waals surface area (Å²) in [5.41, 5.74) is 0.0619. The van der Waals surface area contributed by atoms with Crippen molar-refractivity contribution >= 4 is 5.91 Å². The highest BCUT2D eigenvalue weighted by Gasteiger charge is 2.08. The van der Waals surface area contributed by atoms with Crippen molar-refractivity contribution < 1.29 is 18.7 Å². The molecular formula is C10H11F2NO2. The number of nitrogens with one attached hydrogen (secondary N) is 1. The second-order valence-corrected chi connectivity index (χ2v) is 2.96. The lowest BCUT2D eigenvalue weighted by atomic mass is 10.2. The van der Waals surface area contributed by atoms with Gasteiger partial charge in [-0.15, -0.1) is 0 Å². The Hall–Kier alpha value is -1.49. The van der Waals surface area contributed by atoms with Gasteiger partial charge in [0.15, 0.2) is 11.6 Å². The zero-order valence-electron chi connectivity index (χ0n) is 7.96. The average molecular weight is 215 g/mol. The molecule has 1 amide bonds. The Morgan fingerprint density at radius 3 is 2.67 bits per heavy atom. The van der Waals surface area contributed by atoms with Crippen LogP contribution in [0.3, 0.4) is 0 Å². The van der Waals surface area contributed by atoms with E-state index < -0.39 is 17.5 Å². The molecule has 0 bridgehead atoms. The first kappa shape index (κ1) is 11.6. The summed E-state index contributed by atoms with van der Waals surface area (Å²) in [5.74, 6) is -2.52.